The third kappa shape index (κ3) is 3.95. The van der Waals surface area contributed by atoms with Gasteiger partial charge in [0.25, 0.3) is 0 Å². The van der Waals surface area contributed by atoms with Crippen LogP contribution < -0.4 is 14.8 Å². The molecule has 1 saturated carbocycles. The largest absolute Gasteiger partial charge is 0.454 e. The number of nitrogens with zero attached hydrogens (tertiary/aromatic N) is 1. The number of amides is 1. The highest BCUT2D eigenvalue weighted by Crippen LogP contribution is 2.52. The van der Waals surface area contributed by atoms with Gasteiger partial charge in [0.15, 0.2) is 11.5 Å². The van der Waals surface area contributed by atoms with E-state index in [1.54, 1.807) is 32.3 Å². The van der Waals surface area contributed by atoms with Crippen LogP contribution in [0.4, 0.5) is 5.69 Å². The maximum Gasteiger partial charge on any atom is 0.235 e. The monoisotopic (exact) mass is 466 g/mol. The van der Waals surface area contributed by atoms with Crippen LogP contribution in [0.1, 0.15) is 18.4 Å². The lowest BCUT2D eigenvalue weighted by molar-refractivity contribution is -0.118. The Morgan fingerprint density at radius 1 is 0.939 bits per heavy atom. The minimum absolute atomic E-state index is 0.0472. The number of rotatable bonds is 6. The Balaban J connectivity index is 1.38. The quantitative estimate of drug-likeness (QED) is 0.454. The Kier molecular flexibility index (Phi) is 5.33. The van der Waals surface area contributed by atoms with Crippen LogP contribution in [-0.4, -0.2) is 40.2 Å². The molecule has 1 amide bonds. The third-order valence-corrected chi connectivity index (χ3v) is 8.13. The smallest absolute Gasteiger partial charge is 0.235 e. The highest BCUT2D eigenvalue weighted by atomic mass is 32.3. The molecule has 7 nitrogen and oxygen atoms in total. The Hall–Kier alpha value is -3.04. The predicted octanol–water partition coefficient (Wildman–Crippen LogP) is 5.34. The van der Waals surface area contributed by atoms with Gasteiger partial charge in [-0.2, -0.15) is 0 Å². The summed E-state index contributed by atoms with van der Waals surface area (Å²) in [5, 5.41) is 3.07. The topological polar surface area (TPSA) is 91.3 Å². The van der Waals surface area contributed by atoms with Gasteiger partial charge in [-0.05, 0) is 65.9 Å². The number of carbonyl (C=O) groups excluding carboxylic acids is 1. The van der Waals surface area contributed by atoms with E-state index in [1.807, 2.05) is 48.5 Å². The highest BCUT2D eigenvalue weighted by molar-refractivity contribution is 8.22. The molecule has 5 rings (SSSR count). The van der Waals surface area contributed by atoms with E-state index in [1.165, 1.54) is 4.31 Å². The van der Waals surface area contributed by atoms with Crippen molar-refractivity contribution in [3.05, 3.63) is 72.3 Å². The zero-order valence-electron chi connectivity index (χ0n) is 18.4. The fraction of sp³-hybridized carbons (Fsp3) is 0.240. The number of hydrogen-bond donors (Lipinski definition) is 3. The maximum absolute atomic E-state index is 13.3. The first-order chi connectivity index (χ1) is 15.8. The van der Waals surface area contributed by atoms with Crippen LogP contribution in [0, 0.1) is 0 Å². The lowest BCUT2D eigenvalue weighted by atomic mass is 9.94. The first-order valence-electron chi connectivity index (χ1n) is 10.7. The van der Waals surface area contributed by atoms with Gasteiger partial charge in [0.2, 0.25) is 12.7 Å². The highest BCUT2D eigenvalue weighted by Gasteiger charge is 2.51. The molecule has 1 aliphatic heterocycles. The zero-order valence-corrected chi connectivity index (χ0v) is 19.3. The average molecular weight is 467 g/mol. The second-order valence-electron chi connectivity index (χ2n) is 8.54. The van der Waals surface area contributed by atoms with Crippen molar-refractivity contribution in [2.75, 3.05) is 26.2 Å². The summed E-state index contributed by atoms with van der Waals surface area (Å²) in [7, 11) is 0.224. The summed E-state index contributed by atoms with van der Waals surface area (Å²) in [6, 6.07) is 20.4. The van der Waals surface area contributed by atoms with Crippen molar-refractivity contribution in [3.8, 4) is 22.6 Å². The molecule has 0 atom stereocenters. The van der Waals surface area contributed by atoms with Crippen molar-refractivity contribution in [2.45, 2.75) is 23.2 Å². The first-order valence-corrected chi connectivity index (χ1v) is 12.2. The van der Waals surface area contributed by atoms with E-state index in [0.29, 0.717) is 22.1 Å². The third-order valence-electron chi connectivity index (χ3n) is 6.22. The Morgan fingerprint density at radius 2 is 1.64 bits per heavy atom. The van der Waals surface area contributed by atoms with Crippen molar-refractivity contribution in [1.82, 2.24) is 4.31 Å². The van der Waals surface area contributed by atoms with Gasteiger partial charge < -0.3 is 14.8 Å². The molecular weight excluding hydrogens is 440 g/mol. The summed E-state index contributed by atoms with van der Waals surface area (Å²) in [4.78, 5) is 13.7. The molecule has 1 heterocycles. The van der Waals surface area contributed by atoms with Gasteiger partial charge in [0, 0.05) is 19.8 Å². The number of hydrogen-bond acceptors (Lipinski definition) is 6. The Morgan fingerprint density at radius 3 is 2.36 bits per heavy atom. The van der Waals surface area contributed by atoms with Crippen LogP contribution in [0.15, 0.2) is 71.6 Å². The van der Waals surface area contributed by atoms with Crippen molar-refractivity contribution in [1.29, 1.82) is 0 Å². The SMILES string of the molecule is CN(C)S(O)(O)c1cccc(-c2cccc(NC(=O)C3(c4ccc5c(c4)OCO5)CC3)c2)c1. The predicted molar refractivity (Wildman–Crippen MR) is 129 cm³/mol. The fourth-order valence-corrected chi connectivity index (χ4v) is 5.02. The molecule has 0 saturated heterocycles. The summed E-state index contributed by atoms with van der Waals surface area (Å²) >= 11 is 0. The van der Waals surface area contributed by atoms with E-state index < -0.39 is 16.2 Å². The molecule has 8 heteroatoms. The van der Waals surface area contributed by atoms with Crippen molar-refractivity contribution >= 4 is 22.4 Å². The molecule has 3 aromatic rings. The van der Waals surface area contributed by atoms with Gasteiger partial charge in [0.1, 0.15) is 0 Å². The van der Waals surface area contributed by atoms with E-state index in [2.05, 4.69) is 5.32 Å². The molecule has 1 fully saturated rings. The summed E-state index contributed by atoms with van der Waals surface area (Å²) < 4.78 is 33.2. The van der Waals surface area contributed by atoms with Crippen LogP contribution in [0.5, 0.6) is 11.5 Å². The normalized spacial score (nSPS) is 16.5. The Bertz CT molecular complexity index is 1220. The molecule has 2 aliphatic rings. The van der Waals surface area contributed by atoms with Crippen LogP contribution >= 0.6 is 10.8 Å². The van der Waals surface area contributed by atoms with Crippen LogP contribution in [-0.2, 0) is 10.2 Å². The number of ether oxygens (including phenoxy) is 2. The van der Waals surface area contributed by atoms with Gasteiger partial charge in [-0.25, -0.2) is 4.31 Å². The zero-order chi connectivity index (χ0) is 23.2. The molecule has 172 valence electrons. The summed E-state index contributed by atoms with van der Waals surface area (Å²) in [5.74, 6) is 1.34. The summed E-state index contributed by atoms with van der Waals surface area (Å²) in [5.41, 5.74) is 2.77. The lowest BCUT2D eigenvalue weighted by Gasteiger charge is -2.38. The molecule has 3 N–H and O–H groups in total. The fourth-order valence-electron chi connectivity index (χ4n) is 4.05. The van der Waals surface area contributed by atoms with Crippen molar-refractivity contribution in [2.24, 2.45) is 0 Å². The van der Waals surface area contributed by atoms with Crippen LogP contribution in [0.25, 0.3) is 11.1 Å². The molecule has 33 heavy (non-hydrogen) atoms. The number of fused-ring (bicyclic) bond motifs is 1. The van der Waals surface area contributed by atoms with Gasteiger partial charge in [-0.3, -0.25) is 13.9 Å². The van der Waals surface area contributed by atoms with E-state index in [0.717, 1.165) is 29.5 Å². The second kappa shape index (κ2) is 8.07. The van der Waals surface area contributed by atoms with Crippen molar-refractivity contribution < 1.29 is 23.4 Å². The Labute approximate surface area is 194 Å². The molecule has 0 bridgehead atoms. The standard InChI is InChI=1S/C25H26N2O5S/c1-27(2)33(29,30)21-8-4-6-18(14-21)17-5-3-7-20(13-17)26-24(28)25(11-12-25)19-9-10-22-23(15-19)32-16-31-22/h3-10,13-15,29-30H,11-12,16H2,1-2H3,(H,26,28). The van der Waals surface area contributed by atoms with Crippen molar-refractivity contribution in [3.63, 3.8) is 0 Å². The minimum atomic E-state index is -3.04. The van der Waals surface area contributed by atoms with E-state index in [-0.39, 0.29) is 12.7 Å². The number of carbonyl (C=O) groups is 1. The van der Waals surface area contributed by atoms with E-state index in [4.69, 9.17) is 9.47 Å². The van der Waals surface area contributed by atoms with E-state index in [9.17, 15) is 13.9 Å². The minimum Gasteiger partial charge on any atom is -0.454 e. The molecule has 1 aliphatic carbocycles. The summed E-state index contributed by atoms with van der Waals surface area (Å²) in [6.07, 6.45) is 1.56. The molecule has 0 radical (unpaired) electrons. The van der Waals surface area contributed by atoms with Gasteiger partial charge >= 0.3 is 0 Å². The molecule has 0 aromatic heterocycles. The molecule has 0 unspecified atom stereocenters. The average Bonchev–Trinajstić information content (AvgIpc) is 3.50. The molecule has 0 spiro atoms. The maximum atomic E-state index is 13.3. The van der Waals surface area contributed by atoms with Gasteiger partial charge in [0.05, 0.1) is 10.3 Å². The van der Waals surface area contributed by atoms with E-state index >= 15 is 0 Å². The van der Waals surface area contributed by atoms with Gasteiger partial charge in [-0.15, -0.1) is 10.8 Å². The first kappa shape index (κ1) is 21.8. The molecular formula is C25H26N2O5S. The second-order valence-corrected chi connectivity index (χ2v) is 10.8. The number of nitrogens with one attached hydrogen (secondary N) is 1. The number of anilines is 1. The van der Waals surface area contributed by atoms with Gasteiger partial charge in [-0.1, -0.05) is 30.3 Å². The van der Waals surface area contributed by atoms with Crippen LogP contribution in [0.3, 0.4) is 0 Å². The van der Waals surface area contributed by atoms with Crippen LogP contribution in [0.2, 0.25) is 0 Å². The lowest BCUT2D eigenvalue weighted by Crippen LogP contribution is -2.27. The summed E-state index contributed by atoms with van der Waals surface area (Å²) in [6.45, 7) is 0.204. The molecule has 3 aromatic carbocycles. The number of benzene rings is 3.